The molecule has 0 unspecified atom stereocenters. The lowest BCUT2D eigenvalue weighted by Crippen LogP contribution is -2.52. The molecule has 2 N–H and O–H groups in total. The Hall–Kier alpha value is -3.14. The second-order valence-electron chi connectivity index (χ2n) is 5.65. The van der Waals surface area contributed by atoms with Gasteiger partial charge >= 0.3 is 5.97 Å². The molecule has 0 fully saturated rings. The molecule has 10 heteroatoms. The number of aromatic nitrogens is 4. The number of aromatic amines is 1. The number of sulfonamides is 1. The van der Waals surface area contributed by atoms with E-state index in [0.29, 0.717) is 5.69 Å². The summed E-state index contributed by atoms with van der Waals surface area (Å²) in [6.45, 7) is 1.83. The molecule has 26 heavy (non-hydrogen) atoms. The van der Waals surface area contributed by atoms with Crippen LogP contribution in [0.1, 0.15) is 11.3 Å². The van der Waals surface area contributed by atoms with E-state index in [1.807, 2.05) is 6.92 Å². The van der Waals surface area contributed by atoms with Crippen LogP contribution >= 0.6 is 0 Å². The molecule has 0 saturated carbocycles. The lowest BCUT2D eigenvalue weighted by Gasteiger charge is -2.30. The van der Waals surface area contributed by atoms with Gasteiger partial charge < -0.3 is 10.1 Å². The Balaban J connectivity index is 2.09. The van der Waals surface area contributed by atoms with Crippen LogP contribution < -0.4 is 4.41 Å². The third kappa shape index (κ3) is 3.45. The highest BCUT2D eigenvalue weighted by Crippen LogP contribution is 2.20. The third-order valence-corrected chi connectivity index (χ3v) is 5.60. The Labute approximate surface area is 150 Å². The largest absolute Gasteiger partial charge is 0.480 e. The zero-order chi connectivity index (χ0) is 18.7. The van der Waals surface area contributed by atoms with Crippen molar-refractivity contribution in [3.8, 4) is 0 Å². The van der Waals surface area contributed by atoms with Gasteiger partial charge in [-0.25, -0.2) is 19.4 Å². The highest BCUT2D eigenvalue weighted by Gasteiger charge is 2.37. The van der Waals surface area contributed by atoms with E-state index in [1.165, 1.54) is 43.4 Å². The highest BCUT2D eigenvalue weighted by molar-refractivity contribution is 7.92. The predicted octanol–water partition coefficient (Wildman–Crippen LogP) is 0.937. The Morgan fingerprint density at radius 1 is 1.35 bits per heavy atom. The van der Waals surface area contributed by atoms with Crippen LogP contribution in [-0.2, 0) is 21.2 Å². The second kappa shape index (κ2) is 7.00. The number of carbonyl (C=O) groups is 1. The standard InChI is InChI=1S/C16H17N5O4S/c1-12-2-4-14(5-3-12)26(24,25)21(20-7-6-17-11-20)15(16(22)23)8-13-9-18-10-19-13/h2-7,9-11,15H,8H2,1H3,(H,18,19)(H,22,23)/t15-/m0/s1. The lowest BCUT2D eigenvalue weighted by atomic mass is 10.2. The van der Waals surface area contributed by atoms with Gasteiger partial charge in [0.25, 0.3) is 10.0 Å². The number of aryl methyl sites for hydroxylation is 1. The first-order valence-electron chi connectivity index (χ1n) is 7.69. The number of rotatable bonds is 7. The molecule has 9 nitrogen and oxygen atoms in total. The van der Waals surface area contributed by atoms with Crippen LogP contribution in [0.25, 0.3) is 0 Å². The van der Waals surface area contributed by atoms with Gasteiger partial charge in [-0.15, -0.1) is 0 Å². The number of nitrogens with zero attached hydrogens (tertiary/aromatic N) is 4. The van der Waals surface area contributed by atoms with E-state index < -0.39 is 22.0 Å². The van der Waals surface area contributed by atoms with Crippen LogP contribution in [0, 0.1) is 6.92 Å². The molecule has 3 aromatic rings. The summed E-state index contributed by atoms with van der Waals surface area (Å²) in [5.41, 5.74) is 1.33. The maximum atomic E-state index is 13.2. The molecule has 0 spiro atoms. The van der Waals surface area contributed by atoms with E-state index in [0.717, 1.165) is 14.7 Å². The average Bonchev–Trinajstić information content (AvgIpc) is 3.28. The summed E-state index contributed by atoms with van der Waals surface area (Å²) >= 11 is 0. The van der Waals surface area contributed by atoms with Crippen molar-refractivity contribution in [2.45, 2.75) is 24.3 Å². The minimum Gasteiger partial charge on any atom is -0.480 e. The lowest BCUT2D eigenvalue weighted by molar-refractivity contribution is -0.138. The molecule has 2 heterocycles. The van der Waals surface area contributed by atoms with Crippen LogP contribution in [0.2, 0.25) is 0 Å². The van der Waals surface area contributed by atoms with Crippen LogP contribution in [-0.4, -0.2) is 45.2 Å². The Bertz CT molecular complexity index is 966. The minimum absolute atomic E-state index is 0.00919. The molecule has 1 aromatic carbocycles. The van der Waals surface area contributed by atoms with E-state index in [-0.39, 0.29) is 11.3 Å². The van der Waals surface area contributed by atoms with Crippen molar-refractivity contribution < 1.29 is 18.3 Å². The van der Waals surface area contributed by atoms with Crippen molar-refractivity contribution in [2.75, 3.05) is 4.41 Å². The summed E-state index contributed by atoms with van der Waals surface area (Å²) in [6, 6.07) is 4.80. The first kappa shape index (κ1) is 17.7. The molecule has 0 aliphatic rings. The molecular formula is C16H17N5O4S. The van der Waals surface area contributed by atoms with Crippen molar-refractivity contribution in [3.63, 3.8) is 0 Å². The van der Waals surface area contributed by atoms with Gasteiger partial charge in [-0.1, -0.05) is 17.7 Å². The highest BCUT2D eigenvalue weighted by atomic mass is 32.2. The number of carboxylic acid groups (broad SMARTS) is 1. The molecule has 136 valence electrons. The number of H-pyrrole nitrogens is 1. The Morgan fingerprint density at radius 2 is 2.08 bits per heavy atom. The smallest absolute Gasteiger partial charge is 0.329 e. The van der Waals surface area contributed by atoms with Gasteiger partial charge in [0.1, 0.15) is 6.33 Å². The van der Waals surface area contributed by atoms with Gasteiger partial charge in [0.15, 0.2) is 6.04 Å². The van der Waals surface area contributed by atoms with Crippen molar-refractivity contribution in [1.82, 2.24) is 19.6 Å². The van der Waals surface area contributed by atoms with Gasteiger partial charge in [0.2, 0.25) is 0 Å². The number of nitrogens with one attached hydrogen (secondary N) is 1. The molecule has 2 aromatic heterocycles. The SMILES string of the molecule is Cc1ccc(S(=O)(=O)N([C@@H](Cc2c[nH]cn2)C(=O)O)n2ccnc2)cc1. The maximum Gasteiger partial charge on any atom is 0.329 e. The van der Waals surface area contributed by atoms with E-state index in [4.69, 9.17) is 0 Å². The van der Waals surface area contributed by atoms with Gasteiger partial charge in [-0.2, -0.15) is 12.8 Å². The second-order valence-corrected chi connectivity index (χ2v) is 7.45. The van der Waals surface area contributed by atoms with Gasteiger partial charge in [-0.3, -0.25) is 0 Å². The van der Waals surface area contributed by atoms with Crippen molar-refractivity contribution >= 4 is 16.0 Å². The van der Waals surface area contributed by atoms with Crippen molar-refractivity contribution in [3.05, 3.63) is 66.8 Å². The van der Waals surface area contributed by atoms with Crippen molar-refractivity contribution in [1.29, 1.82) is 0 Å². The number of hydrogen-bond donors (Lipinski definition) is 2. The van der Waals surface area contributed by atoms with E-state index in [9.17, 15) is 18.3 Å². The number of aliphatic carboxylic acids is 1. The van der Waals surface area contributed by atoms with Crippen molar-refractivity contribution in [2.24, 2.45) is 0 Å². The van der Waals surface area contributed by atoms with Crippen LogP contribution in [0.4, 0.5) is 0 Å². The molecule has 0 amide bonds. The minimum atomic E-state index is -4.15. The van der Waals surface area contributed by atoms with E-state index >= 15 is 0 Å². The zero-order valence-electron chi connectivity index (χ0n) is 13.8. The summed E-state index contributed by atoms with van der Waals surface area (Å²) in [6.07, 6.45) is 6.83. The maximum absolute atomic E-state index is 13.2. The fourth-order valence-corrected chi connectivity index (χ4v) is 4.04. The van der Waals surface area contributed by atoms with Crippen LogP contribution in [0.5, 0.6) is 0 Å². The van der Waals surface area contributed by atoms with Gasteiger partial charge in [0, 0.05) is 25.0 Å². The fourth-order valence-electron chi connectivity index (χ4n) is 2.50. The monoisotopic (exact) mass is 375 g/mol. The predicted molar refractivity (Wildman–Crippen MR) is 92.5 cm³/mol. The molecule has 0 radical (unpaired) electrons. The van der Waals surface area contributed by atoms with Crippen LogP contribution in [0.3, 0.4) is 0 Å². The molecule has 0 saturated heterocycles. The first-order chi connectivity index (χ1) is 12.4. The van der Waals surface area contributed by atoms with Crippen LogP contribution in [0.15, 0.2) is 60.4 Å². The zero-order valence-corrected chi connectivity index (χ0v) is 14.7. The molecule has 0 aliphatic heterocycles. The summed E-state index contributed by atoms with van der Waals surface area (Å²) in [4.78, 5) is 22.5. The summed E-state index contributed by atoms with van der Waals surface area (Å²) in [7, 11) is -4.15. The normalized spacial score (nSPS) is 12.7. The third-order valence-electron chi connectivity index (χ3n) is 3.79. The molecular weight excluding hydrogens is 358 g/mol. The Morgan fingerprint density at radius 3 is 2.62 bits per heavy atom. The number of benzene rings is 1. The quantitative estimate of drug-likeness (QED) is 0.634. The molecule has 3 rings (SSSR count). The molecule has 0 aliphatic carbocycles. The number of hydrogen-bond acceptors (Lipinski definition) is 5. The molecule has 1 atom stereocenters. The fraction of sp³-hybridized carbons (Fsp3) is 0.188. The van der Waals surface area contributed by atoms with Gasteiger partial charge in [0.05, 0.1) is 16.9 Å². The van der Waals surface area contributed by atoms with E-state index in [1.54, 1.807) is 12.1 Å². The summed E-state index contributed by atoms with van der Waals surface area (Å²) in [5.74, 6) is -1.29. The number of carboxylic acids is 1. The Kier molecular flexibility index (Phi) is 4.76. The van der Waals surface area contributed by atoms with E-state index in [2.05, 4.69) is 15.0 Å². The topological polar surface area (TPSA) is 121 Å². The summed E-state index contributed by atoms with van der Waals surface area (Å²) in [5, 5.41) is 9.72. The number of imidazole rings is 2. The first-order valence-corrected chi connectivity index (χ1v) is 9.13. The molecule has 0 bridgehead atoms. The summed E-state index contributed by atoms with van der Waals surface area (Å²) < 4.78 is 28.4. The average molecular weight is 375 g/mol. The van der Waals surface area contributed by atoms with Gasteiger partial charge in [-0.05, 0) is 19.1 Å².